The van der Waals surface area contributed by atoms with Crippen molar-refractivity contribution in [1.29, 1.82) is 0 Å². The van der Waals surface area contributed by atoms with Gasteiger partial charge in [-0.05, 0) is 28.1 Å². The molecule has 1 heterocycles. The summed E-state index contributed by atoms with van der Waals surface area (Å²) >= 11 is 4.64. The predicted molar refractivity (Wildman–Crippen MR) is 71.9 cm³/mol. The van der Waals surface area contributed by atoms with Crippen LogP contribution in [0.5, 0.6) is 0 Å². The Morgan fingerprint density at radius 2 is 2.05 bits per heavy atom. The zero-order chi connectivity index (χ0) is 14.0. The summed E-state index contributed by atoms with van der Waals surface area (Å²) in [7, 11) is 0. The third-order valence-electron chi connectivity index (χ3n) is 2.27. The Hall–Kier alpha value is -1.47. The number of nitrogen functional groups attached to an aromatic ring is 1. The molecule has 19 heavy (non-hydrogen) atoms. The molecule has 1 aromatic carbocycles. The topological polar surface area (TPSA) is 52.3 Å². The van der Waals surface area contributed by atoms with Gasteiger partial charge in [0.2, 0.25) is 0 Å². The Balaban J connectivity index is 2.10. The first kappa shape index (κ1) is 14.0. The molecule has 0 unspecified atom stereocenters. The predicted octanol–water partition coefficient (Wildman–Crippen LogP) is 3.73. The molecule has 2 N–H and O–H groups in total. The van der Waals surface area contributed by atoms with E-state index in [-0.39, 0.29) is 12.3 Å². The van der Waals surface area contributed by atoms with Crippen LogP contribution in [0.15, 0.2) is 28.1 Å². The Labute approximate surface area is 120 Å². The molecule has 0 aliphatic heterocycles. The quantitative estimate of drug-likeness (QED) is 0.679. The van der Waals surface area contributed by atoms with Crippen molar-refractivity contribution < 1.29 is 18.3 Å². The molecule has 2 aromatic rings. The van der Waals surface area contributed by atoms with E-state index in [1.54, 1.807) is 6.07 Å². The minimum Gasteiger partial charge on any atom is -0.456 e. The fourth-order valence-electron chi connectivity index (χ4n) is 1.36. The molecule has 100 valence electrons. The van der Waals surface area contributed by atoms with Crippen LogP contribution in [0.1, 0.15) is 15.2 Å². The summed E-state index contributed by atoms with van der Waals surface area (Å²) in [5.74, 6) is -2.69. The van der Waals surface area contributed by atoms with Gasteiger partial charge in [0.1, 0.15) is 18.2 Å². The van der Waals surface area contributed by atoms with Gasteiger partial charge in [-0.1, -0.05) is 0 Å². The maximum Gasteiger partial charge on any atom is 0.341 e. The Bertz CT molecular complexity index is 630. The maximum atomic E-state index is 13.5. The van der Waals surface area contributed by atoms with E-state index in [1.165, 1.54) is 11.3 Å². The van der Waals surface area contributed by atoms with Gasteiger partial charge in [0, 0.05) is 20.8 Å². The lowest BCUT2D eigenvalue weighted by atomic mass is 10.2. The van der Waals surface area contributed by atoms with E-state index in [1.807, 2.05) is 5.38 Å². The van der Waals surface area contributed by atoms with Gasteiger partial charge in [0.15, 0.2) is 0 Å². The molecule has 0 atom stereocenters. The summed E-state index contributed by atoms with van der Waals surface area (Å²) in [6.45, 7) is 0.000531. The lowest BCUT2D eigenvalue weighted by Gasteiger charge is -2.05. The Morgan fingerprint density at radius 1 is 1.32 bits per heavy atom. The highest BCUT2D eigenvalue weighted by Crippen LogP contribution is 2.22. The van der Waals surface area contributed by atoms with Gasteiger partial charge in [0.25, 0.3) is 0 Å². The highest BCUT2D eigenvalue weighted by molar-refractivity contribution is 9.10. The highest BCUT2D eigenvalue weighted by Gasteiger charge is 2.16. The lowest BCUT2D eigenvalue weighted by Crippen LogP contribution is -2.08. The van der Waals surface area contributed by atoms with E-state index in [4.69, 9.17) is 10.5 Å². The molecule has 0 aliphatic carbocycles. The second-order valence-corrected chi connectivity index (χ2v) is 5.57. The monoisotopic (exact) mass is 347 g/mol. The molecule has 0 fully saturated rings. The van der Waals surface area contributed by atoms with Gasteiger partial charge in [-0.15, -0.1) is 11.3 Å². The number of anilines is 1. The molecule has 3 nitrogen and oxygen atoms in total. The summed E-state index contributed by atoms with van der Waals surface area (Å²) in [5.41, 5.74) is 4.37. The molecule has 0 bridgehead atoms. The normalized spacial score (nSPS) is 10.5. The molecule has 0 saturated carbocycles. The second kappa shape index (κ2) is 5.66. The number of halogens is 3. The number of nitrogens with two attached hydrogens (primary N) is 1. The summed E-state index contributed by atoms with van der Waals surface area (Å²) in [6.07, 6.45) is 0. The molecule has 7 heteroatoms. The van der Waals surface area contributed by atoms with Crippen molar-refractivity contribution in [1.82, 2.24) is 0 Å². The molecule has 0 radical (unpaired) electrons. The minimum atomic E-state index is -0.930. The van der Waals surface area contributed by atoms with Crippen LogP contribution >= 0.6 is 27.3 Å². The molecule has 0 saturated heterocycles. The third-order valence-corrected chi connectivity index (χ3v) is 3.94. The first-order chi connectivity index (χ1) is 8.97. The first-order valence-corrected chi connectivity index (χ1v) is 6.79. The number of carbonyl (C=O) groups excluding carboxylic acids is 1. The fourth-order valence-corrected chi connectivity index (χ4v) is 2.72. The van der Waals surface area contributed by atoms with Crippen molar-refractivity contribution in [3.8, 4) is 0 Å². The van der Waals surface area contributed by atoms with Gasteiger partial charge in [0.05, 0.1) is 11.3 Å². The van der Waals surface area contributed by atoms with Crippen LogP contribution in [-0.2, 0) is 11.3 Å². The van der Waals surface area contributed by atoms with E-state index in [2.05, 4.69) is 15.9 Å². The molecule has 1 aromatic heterocycles. The Kier molecular flexibility index (Phi) is 4.16. The molecule has 2 rings (SSSR count). The Morgan fingerprint density at radius 3 is 2.68 bits per heavy atom. The number of thiophene rings is 1. The van der Waals surface area contributed by atoms with E-state index in [0.29, 0.717) is 0 Å². The van der Waals surface area contributed by atoms with Crippen LogP contribution in [0.3, 0.4) is 0 Å². The van der Waals surface area contributed by atoms with Gasteiger partial charge >= 0.3 is 5.97 Å². The van der Waals surface area contributed by atoms with Crippen LogP contribution in [0.4, 0.5) is 14.5 Å². The molecule has 0 amide bonds. The van der Waals surface area contributed by atoms with E-state index < -0.39 is 23.2 Å². The van der Waals surface area contributed by atoms with Gasteiger partial charge in [-0.25, -0.2) is 13.6 Å². The molecule has 0 spiro atoms. The number of hydrogen-bond donors (Lipinski definition) is 1. The van der Waals surface area contributed by atoms with Crippen molar-refractivity contribution in [2.45, 2.75) is 6.61 Å². The number of hydrogen-bond acceptors (Lipinski definition) is 4. The van der Waals surface area contributed by atoms with Gasteiger partial charge in [-0.3, -0.25) is 0 Å². The minimum absolute atomic E-state index is 0.000531. The van der Waals surface area contributed by atoms with Crippen molar-refractivity contribution in [3.05, 3.63) is 50.1 Å². The van der Waals surface area contributed by atoms with Crippen LogP contribution < -0.4 is 5.73 Å². The zero-order valence-corrected chi connectivity index (χ0v) is 11.9. The van der Waals surface area contributed by atoms with Crippen LogP contribution in [0, 0.1) is 11.6 Å². The van der Waals surface area contributed by atoms with Crippen molar-refractivity contribution in [3.63, 3.8) is 0 Å². The molecular weight excluding hydrogens is 340 g/mol. The third kappa shape index (κ3) is 3.30. The maximum absolute atomic E-state index is 13.5. The summed E-state index contributed by atoms with van der Waals surface area (Å²) in [6, 6.07) is 3.27. The lowest BCUT2D eigenvalue weighted by molar-refractivity contribution is 0.0471. The average Bonchev–Trinajstić information content (AvgIpc) is 2.77. The number of esters is 1. The SMILES string of the molecule is Nc1cc(F)c(C(=O)OCc2cc(Br)cs2)cc1F. The number of ether oxygens (including phenoxy) is 1. The standard InChI is InChI=1S/C12H8BrF2NO2S/c13-6-1-7(19-5-6)4-18-12(17)8-2-10(15)11(16)3-9(8)14/h1-3,5H,4,16H2. The first-order valence-electron chi connectivity index (χ1n) is 5.12. The summed E-state index contributed by atoms with van der Waals surface area (Å²) < 4.78 is 32.4. The summed E-state index contributed by atoms with van der Waals surface area (Å²) in [5, 5.41) is 1.83. The molecular formula is C12H8BrF2NO2S. The highest BCUT2D eigenvalue weighted by atomic mass is 79.9. The van der Waals surface area contributed by atoms with Gasteiger partial charge < -0.3 is 10.5 Å². The fraction of sp³-hybridized carbons (Fsp3) is 0.0833. The van der Waals surface area contributed by atoms with E-state index >= 15 is 0 Å². The smallest absolute Gasteiger partial charge is 0.341 e. The second-order valence-electron chi connectivity index (χ2n) is 3.66. The van der Waals surface area contributed by atoms with Crippen LogP contribution in [-0.4, -0.2) is 5.97 Å². The van der Waals surface area contributed by atoms with Crippen molar-refractivity contribution in [2.75, 3.05) is 5.73 Å². The zero-order valence-electron chi connectivity index (χ0n) is 9.45. The summed E-state index contributed by atoms with van der Waals surface area (Å²) in [4.78, 5) is 12.4. The number of carbonyl (C=O) groups is 1. The van der Waals surface area contributed by atoms with Crippen LogP contribution in [0.2, 0.25) is 0 Å². The van der Waals surface area contributed by atoms with Gasteiger partial charge in [-0.2, -0.15) is 0 Å². The van der Waals surface area contributed by atoms with Crippen molar-refractivity contribution >= 4 is 38.9 Å². The number of rotatable bonds is 3. The van der Waals surface area contributed by atoms with E-state index in [0.717, 1.165) is 21.5 Å². The van der Waals surface area contributed by atoms with E-state index in [9.17, 15) is 13.6 Å². The largest absolute Gasteiger partial charge is 0.456 e. The van der Waals surface area contributed by atoms with Crippen LogP contribution in [0.25, 0.3) is 0 Å². The average molecular weight is 348 g/mol. The number of benzene rings is 1. The molecule has 0 aliphatic rings. The van der Waals surface area contributed by atoms with Crippen molar-refractivity contribution in [2.24, 2.45) is 0 Å².